The lowest BCUT2D eigenvalue weighted by Crippen LogP contribution is -2.31. The SMILES string of the molecule is CCN(CC)C(=O)c1cccc(NC(=O)C2CC(=O)Nc3cc(F)ccc32)c1. The summed E-state index contributed by atoms with van der Waals surface area (Å²) in [5, 5.41) is 5.36. The van der Waals surface area contributed by atoms with Crippen molar-refractivity contribution in [3.63, 3.8) is 0 Å². The predicted molar refractivity (Wildman–Crippen MR) is 105 cm³/mol. The highest BCUT2D eigenvalue weighted by Gasteiger charge is 2.31. The van der Waals surface area contributed by atoms with E-state index in [1.54, 1.807) is 29.2 Å². The number of carbonyl (C=O) groups excluding carboxylic acids is 3. The van der Waals surface area contributed by atoms with Crippen molar-refractivity contribution in [1.82, 2.24) is 4.90 Å². The molecule has 28 heavy (non-hydrogen) atoms. The fraction of sp³-hybridized carbons (Fsp3) is 0.286. The number of anilines is 2. The van der Waals surface area contributed by atoms with Crippen LogP contribution in [0.15, 0.2) is 42.5 Å². The molecule has 1 heterocycles. The lowest BCUT2D eigenvalue weighted by atomic mass is 9.89. The summed E-state index contributed by atoms with van der Waals surface area (Å²) in [6.07, 6.45) is -0.0253. The van der Waals surface area contributed by atoms with E-state index in [0.29, 0.717) is 35.6 Å². The van der Waals surface area contributed by atoms with Crippen LogP contribution in [0.25, 0.3) is 0 Å². The van der Waals surface area contributed by atoms with Gasteiger partial charge in [0, 0.05) is 36.4 Å². The van der Waals surface area contributed by atoms with Gasteiger partial charge in [0.15, 0.2) is 0 Å². The van der Waals surface area contributed by atoms with Crippen LogP contribution < -0.4 is 10.6 Å². The first-order valence-electron chi connectivity index (χ1n) is 9.22. The maximum absolute atomic E-state index is 13.5. The maximum Gasteiger partial charge on any atom is 0.253 e. The van der Waals surface area contributed by atoms with Crippen LogP contribution in [0.1, 0.15) is 42.1 Å². The van der Waals surface area contributed by atoms with Gasteiger partial charge in [-0.15, -0.1) is 0 Å². The van der Waals surface area contributed by atoms with E-state index in [9.17, 15) is 18.8 Å². The van der Waals surface area contributed by atoms with Crippen molar-refractivity contribution in [2.24, 2.45) is 0 Å². The highest BCUT2D eigenvalue weighted by molar-refractivity contribution is 6.05. The lowest BCUT2D eigenvalue weighted by Gasteiger charge is -2.25. The minimum absolute atomic E-state index is 0.0253. The largest absolute Gasteiger partial charge is 0.339 e. The first-order valence-corrected chi connectivity index (χ1v) is 9.22. The molecule has 1 atom stereocenters. The third kappa shape index (κ3) is 4.03. The number of halogens is 1. The molecule has 3 rings (SSSR count). The van der Waals surface area contributed by atoms with Gasteiger partial charge >= 0.3 is 0 Å². The van der Waals surface area contributed by atoms with Gasteiger partial charge in [-0.25, -0.2) is 4.39 Å². The Hall–Kier alpha value is -3.22. The number of benzene rings is 2. The molecule has 2 N–H and O–H groups in total. The molecule has 1 aliphatic heterocycles. The zero-order chi connectivity index (χ0) is 20.3. The molecular formula is C21H22FN3O3. The molecule has 7 heteroatoms. The van der Waals surface area contributed by atoms with Crippen molar-refractivity contribution in [2.75, 3.05) is 23.7 Å². The molecule has 0 radical (unpaired) electrons. The summed E-state index contributed by atoms with van der Waals surface area (Å²) in [7, 11) is 0. The average molecular weight is 383 g/mol. The number of fused-ring (bicyclic) bond motifs is 1. The molecule has 0 aliphatic carbocycles. The highest BCUT2D eigenvalue weighted by atomic mass is 19.1. The van der Waals surface area contributed by atoms with E-state index in [4.69, 9.17) is 0 Å². The quantitative estimate of drug-likeness (QED) is 0.831. The van der Waals surface area contributed by atoms with Crippen molar-refractivity contribution in [2.45, 2.75) is 26.2 Å². The van der Waals surface area contributed by atoms with Gasteiger partial charge < -0.3 is 15.5 Å². The summed E-state index contributed by atoms with van der Waals surface area (Å²) in [5.74, 6) is -2.05. The predicted octanol–water partition coefficient (Wildman–Crippen LogP) is 3.37. The molecule has 1 aliphatic rings. The smallest absolute Gasteiger partial charge is 0.253 e. The van der Waals surface area contributed by atoms with Crippen LogP contribution in [0.2, 0.25) is 0 Å². The van der Waals surface area contributed by atoms with Crippen LogP contribution in [0, 0.1) is 5.82 Å². The minimum Gasteiger partial charge on any atom is -0.339 e. The first-order chi connectivity index (χ1) is 13.4. The molecule has 0 saturated carbocycles. The normalized spacial score (nSPS) is 15.4. The Bertz CT molecular complexity index is 925. The summed E-state index contributed by atoms with van der Waals surface area (Å²) in [6.45, 7) is 5.00. The van der Waals surface area contributed by atoms with Gasteiger partial charge in [0.25, 0.3) is 5.91 Å². The monoisotopic (exact) mass is 383 g/mol. The van der Waals surface area contributed by atoms with Crippen molar-refractivity contribution in [3.05, 3.63) is 59.4 Å². The van der Waals surface area contributed by atoms with Gasteiger partial charge in [0.1, 0.15) is 5.82 Å². The van der Waals surface area contributed by atoms with Crippen molar-refractivity contribution < 1.29 is 18.8 Å². The van der Waals surface area contributed by atoms with Crippen LogP contribution >= 0.6 is 0 Å². The van der Waals surface area contributed by atoms with Crippen LogP contribution in [-0.4, -0.2) is 35.7 Å². The minimum atomic E-state index is -0.730. The summed E-state index contributed by atoms with van der Waals surface area (Å²) >= 11 is 0. The number of amides is 3. The van der Waals surface area contributed by atoms with E-state index >= 15 is 0 Å². The standard InChI is InChI=1S/C21H22FN3O3/c1-3-25(4-2)21(28)13-6-5-7-15(10-13)23-20(27)17-12-19(26)24-18-11-14(22)8-9-16(17)18/h5-11,17H,3-4,12H2,1-2H3,(H,23,27)(H,24,26). The summed E-state index contributed by atoms with van der Waals surface area (Å²) in [6, 6.07) is 10.7. The third-order valence-corrected chi connectivity index (χ3v) is 4.80. The number of hydrogen-bond donors (Lipinski definition) is 2. The fourth-order valence-corrected chi connectivity index (χ4v) is 3.32. The molecule has 2 aromatic carbocycles. The molecule has 6 nitrogen and oxygen atoms in total. The summed E-state index contributed by atoms with van der Waals surface area (Å²) in [4.78, 5) is 38.9. The summed E-state index contributed by atoms with van der Waals surface area (Å²) < 4.78 is 13.5. The van der Waals surface area contributed by atoms with Gasteiger partial charge in [0.05, 0.1) is 5.92 Å². The molecule has 0 fully saturated rings. The van der Waals surface area contributed by atoms with E-state index < -0.39 is 11.7 Å². The second-order valence-electron chi connectivity index (χ2n) is 6.58. The lowest BCUT2D eigenvalue weighted by molar-refractivity contribution is -0.123. The second kappa shape index (κ2) is 8.21. The summed E-state index contributed by atoms with van der Waals surface area (Å²) in [5.41, 5.74) is 1.82. The third-order valence-electron chi connectivity index (χ3n) is 4.80. The van der Waals surface area contributed by atoms with Gasteiger partial charge in [0.2, 0.25) is 11.8 Å². The van der Waals surface area contributed by atoms with E-state index in [-0.39, 0.29) is 24.1 Å². The van der Waals surface area contributed by atoms with Crippen LogP contribution in [-0.2, 0) is 9.59 Å². The van der Waals surface area contributed by atoms with Crippen molar-refractivity contribution in [3.8, 4) is 0 Å². The molecule has 0 saturated heterocycles. The molecule has 1 unspecified atom stereocenters. The zero-order valence-electron chi connectivity index (χ0n) is 15.8. The van der Waals surface area contributed by atoms with E-state index in [1.807, 2.05) is 13.8 Å². The first kappa shape index (κ1) is 19.5. The van der Waals surface area contributed by atoms with E-state index in [2.05, 4.69) is 10.6 Å². The maximum atomic E-state index is 13.5. The Morgan fingerprint density at radius 2 is 1.93 bits per heavy atom. The Labute approximate surface area is 162 Å². The highest BCUT2D eigenvalue weighted by Crippen LogP contribution is 2.33. The van der Waals surface area contributed by atoms with Gasteiger partial charge in [-0.3, -0.25) is 14.4 Å². The van der Waals surface area contributed by atoms with Crippen LogP contribution in [0.5, 0.6) is 0 Å². The number of nitrogens with one attached hydrogen (secondary N) is 2. The van der Waals surface area contributed by atoms with Crippen molar-refractivity contribution >= 4 is 29.1 Å². The number of rotatable bonds is 5. The van der Waals surface area contributed by atoms with Crippen molar-refractivity contribution in [1.29, 1.82) is 0 Å². The Balaban J connectivity index is 1.82. The Morgan fingerprint density at radius 1 is 1.18 bits per heavy atom. The van der Waals surface area contributed by atoms with Gasteiger partial charge in [-0.2, -0.15) is 0 Å². The molecular weight excluding hydrogens is 361 g/mol. The molecule has 0 aromatic heterocycles. The van der Waals surface area contributed by atoms with E-state index in [0.717, 1.165) is 0 Å². The number of nitrogens with zero attached hydrogens (tertiary/aromatic N) is 1. The molecule has 146 valence electrons. The number of hydrogen-bond acceptors (Lipinski definition) is 3. The zero-order valence-corrected chi connectivity index (χ0v) is 15.8. The molecule has 2 aromatic rings. The molecule has 3 amide bonds. The fourth-order valence-electron chi connectivity index (χ4n) is 3.32. The Morgan fingerprint density at radius 3 is 2.64 bits per heavy atom. The topological polar surface area (TPSA) is 78.5 Å². The average Bonchev–Trinajstić information content (AvgIpc) is 2.68. The number of carbonyl (C=O) groups is 3. The van der Waals surface area contributed by atoms with Crippen LogP contribution in [0.3, 0.4) is 0 Å². The molecule has 0 spiro atoms. The van der Waals surface area contributed by atoms with Gasteiger partial charge in [-0.1, -0.05) is 12.1 Å². The van der Waals surface area contributed by atoms with Gasteiger partial charge in [-0.05, 0) is 49.7 Å². The second-order valence-corrected chi connectivity index (χ2v) is 6.58. The van der Waals surface area contributed by atoms with Crippen LogP contribution in [0.4, 0.5) is 15.8 Å². The van der Waals surface area contributed by atoms with E-state index in [1.165, 1.54) is 18.2 Å². The molecule has 0 bridgehead atoms. The Kier molecular flexibility index (Phi) is 5.73.